The van der Waals surface area contributed by atoms with Crippen LogP contribution in [0.2, 0.25) is 10.0 Å². The smallest absolute Gasteiger partial charge is 0.295 e. The maximum Gasteiger partial charge on any atom is 0.295 e. The van der Waals surface area contributed by atoms with Gasteiger partial charge in [0, 0.05) is 47.8 Å². The number of rotatable bonds is 4. The van der Waals surface area contributed by atoms with Crippen molar-refractivity contribution in [2.45, 2.75) is 44.8 Å². The van der Waals surface area contributed by atoms with Crippen LogP contribution in [0.1, 0.15) is 44.0 Å². The largest absolute Gasteiger partial charge is 0.484 e. The van der Waals surface area contributed by atoms with E-state index in [9.17, 15) is 10.1 Å². The monoisotopic (exact) mass is 511 g/mol. The minimum absolute atomic E-state index is 0.0171. The van der Waals surface area contributed by atoms with Crippen molar-refractivity contribution < 1.29 is 4.74 Å². The van der Waals surface area contributed by atoms with E-state index in [1.807, 2.05) is 18.2 Å². The molecule has 182 valence electrons. The van der Waals surface area contributed by atoms with E-state index in [-0.39, 0.29) is 23.7 Å². The first-order chi connectivity index (χ1) is 16.9. The van der Waals surface area contributed by atoms with Gasteiger partial charge in [0.2, 0.25) is 5.75 Å². The van der Waals surface area contributed by atoms with Gasteiger partial charge >= 0.3 is 0 Å². The van der Waals surface area contributed by atoms with E-state index in [1.165, 1.54) is 0 Å². The first-order valence-corrected chi connectivity index (χ1v) is 12.7. The zero-order chi connectivity index (χ0) is 24.9. The second kappa shape index (κ2) is 9.34. The van der Waals surface area contributed by atoms with Gasteiger partial charge in [-0.2, -0.15) is 5.26 Å². The lowest BCUT2D eigenvalue weighted by Crippen LogP contribution is -2.62. The van der Waals surface area contributed by atoms with Gasteiger partial charge in [0.25, 0.3) is 5.56 Å². The molecule has 0 aliphatic carbocycles. The van der Waals surface area contributed by atoms with Crippen LogP contribution in [0.4, 0.5) is 5.69 Å². The Labute approximate surface area is 214 Å². The first kappa shape index (κ1) is 23.9. The van der Waals surface area contributed by atoms with Crippen LogP contribution in [0.15, 0.2) is 35.1 Å². The second-order valence-electron chi connectivity index (χ2n) is 9.15. The molecule has 3 atom stereocenters. The molecule has 1 fully saturated rings. The van der Waals surface area contributed by atoms with E-state index in [0.29, 0.717) is 51.4 Å². The van der Waals surface area contributed by atoms with Crippen molar-refractivity contribution in [1.29, 1.82) is 5.26 Å². The lowest BCUT2D eigenvalue weighted by molar-refractivity contribution is 0.0721. The molecule has 0 radical (unpaired) electrons. The van der Waals surface area contributed by atoms with E-state index >= 15 is 0 Å². The van der Waals surface area contributed by atoms with E-state index < -0.39 is 0 Å². The summed E-state index contributed by atoms with van der Waals surface area (Å²) in [7, 11) is 1.71. The maximum absolute atomic E-state index is 13.2. The number of benzene rings is 1. The van der Waals surface area contributed by atoms with Gasteiger partial charge in [0.15, 0.2) is 0 Å². The second-order valence-corrected chi connectivity index (χ2v) is 9.97. The molecule has 7 nitrogen and oxygen atoms in total. The van der Waals surface area contributed by atoms with Gasteiger partial charge in [-0.3, -0.25) is 9.69 Å². The highest BCUT2D eigenvalue weighted by Gasteiger charge is 2.42. The Bertz CT molecular complexity index is 1380. The average Bonchev–Trinajstić information content (AvgIpc) is 2.87. The van der Waals surface area contributed by atoms with Crippen LogP contribution in [-0.4, -0.2) is 46.2 Å². The highest BCUT2D eigenvalue weighted by Crippen LogP contribution is 2.43. The molecule has 4 heterocycles. The van der Waals surface area contributed by atoms with E-state index in [2.05, 4.69) is 34.7 Å². The molecular weight excluding hydrogens is 485 g/mol. The topological polar surface area (TPSA) is 74.4 Å². The van der Waals surface area contributed by atoms with Crippen LogP contribution < -0.4 is 15.2 Å². The number of halogens is 2. The zero-order valence-electron chi connectivity index (χ0n) is 20.0. The summed E-state index contributed by atoms with van der Waals surface area (Å²) in [6, 6.07) is 11.5. The van der Waals surface area contributed by atoms with Crippen molar-refractivity contribution in [1.82, 2.24) is 14.5 Å². The van der Waals surface area contributed by atoms with Gasteiger partial charge in [0.1, 0.15) is 29.6 Å². The lowest BCUT2D eigenvalue weighted by Gasteiger charge is -2.51. The molecule has 0 bridgehead atoms. The van der Waals surface area contributed by atoms with Crippen LogP contribution in [0.3, 0.4) is 0 Å². The van der Waals surface area contributed by atoms with Gasteiger partial charge in [0.05, 0.1) is 11.6 Å². The molecule has 35 heavy (non-hydrogen) atoms. The number of fused-ring (bicyclic) bond motifs is 5. The molecule has 2 aliphatic heterocycles. The number of piperazine rings is 1. The summed E-state index contributed by atoms with van der Waals surface area (Å²) in [5.74, 6) is 0.309. The summed E-state index contributed by atoms with van der Waals surface area (Å²) >= 11 is 13.3. The predicted molar refractivity (Wildman–Crippen MR) is 139 cm³/mol. The Balaban J connectivity index is 1.61. The standard InChI is InChI=1S/C26H27Cl2N5O2/c1-4-16-12-33-17(13-32(16)20(5-2)22-18(27)7-6-8-19(22)28)14-35-25-24(33)23-21(31(3)26(25)34)10-9-15(11-29)30-23/h6-10,16-17,20H,4-5,12-14H2,1-3H3/t16-,17+,20+/m1/s1. The first-order valence-electron chi connectivity index (χ1n) is 11.9. The fourth-order valence-electron chi connectivity index (χ4n) is 5.57. The number of nitrogens with zero attached hydrogens (tertiary/aromatic N) is 5. The maximum atomic E-state index is 13.2. The Morgan fingerprint density at radius 1 is 1.20 bits per heavy atom. The number of anilines is 1. The number of nitriles is 1. The van der Waals surface area contributed by atoms with Crippen LogP contribution in [0.25, 0.3) is 11.0 Å². The molecule has 0 saturated carbocycles. The Kier molecular flexibility index (Phi) is 6.39. The van der Waals surface area contributed by atoms with Crippen molar-refractivity contribution in [3.63, 3.8) is 0 Å². The van der Waals surface area contributed by atoms with Crippen molar-refractivity contribution in [2.75, 3.05) is 24.6 Å². The number of hydrogen-bond donors (Lipinski definition) is 0. The third-order valence-electron chi connectivity index (χ3n) is 7.33. The zero-order valence-corrected chi connectivity index (χ0v) is 21.5. The number of hydrogen-bond acceptors (Lipinski definition) is 6. The third-order valence-corrected chi connectivity index (χ3v) is 7.98. The van der Waals surface area contributed by atoms with Crippen molar-refractivity contribution >= 4 is 39.9 Å². The SMILES string of the molecule is CC[C@@H]1CN2c3c(c(=O)n(C)c4ccc(C#N)nc34)OC[C@@H]2CN1[C@@H](CC)c1c(Cl)cccc1Cl. The molecule has 5 rings (SSSR count). The van der Waals surface area contributed by atoms with Crippen molar-refractivity contribution in [2.24, 2.45) is 7.05 Å². The molecule has 0 spiro atoms. The van der Waals surface area contributed by atoms with Crippen molar-refractivity contribution in [3.05, 3.63) is 62.0 Å². The summed E-state index contributed by atoms with van der Waals surface area (Å²) in [4.78, 5) is 22.5. The molecule has 3 aromatic rings. The van der Waals surface area contributed by atoms with Gasteiger partial charge in [-0.25, -0.2) is 4.98 Å². The Morgan fingerprint density at radius 3 is 2.60 bits per heavy atom. The van der Waals surface area contributed by atoms with Gasteiger partial charge in [-0.05, 0) is 37.1 Å². The highest BCUT2D eigenvalue weighted by atomic mass is 35.5. The normalized spacial score (nSPS) is 20.6. The summed E-state index contributed by atoms with van der Waals surface area (Å²) in [6.07, 6.45) is 1.78. The van der Waals surface area contributed by atoms with Crippen LogP contribution in [0, 0.1) is 11.3 Å². The molecular formula is C26H27Cl2N5O2. The molecule has 1 aromatic carbocycles. The van der Waals surface area contributed by atoms with Gasteiger partial charge in [-0.15, -0.1) is 0 Å². The number of aryl methyl sites for hydroxylation is 1. The molecule has 9 heteroatoms. The molecule has 0 unspecified atom stereocenters. The Hall–Kier alpha value is -2.79. The number of aromatic nitrogens is 2. The fourth-order valence-corrected chi connectivity index (χ4v) is 6.22. The summed E-state index contributed by atoms with van der Waals surface area (Å²) < 4.78 is 7.64. The minimum Gasteiger partial charge on any atom is -0.484 e. The van der Waals surface area contributed by atoms with Crippen LogP contribution in [-0.2, 0) is 7.05 Å². The van der Waals surface area contributed by atoms with Crippen LogP contribution in [0.5, 0.6) is 5.75 Å². The summed E-state index contributed by atoms with van der Waals surface area (Å²) in [5, 5.41) is 10.8. The average molecular weight is 512 g/mol. The quantitative estimate of drug-likeness (QED) is 0.494. The van der Waals surface area contributed by atoms with E-state index in [0.717, 1.165) is 24.9 Å². The van der Waals surface area contributed by atoms with Gasteiger partial charge in [-0.1, -0.05) is 43.1 Å². The van der Waals surface area contributed by atoms with E-state index in [1.54, 1.807) is 23.7 Å². The third kappa shape index (κ3) is 3.85. The molecule has 2 aliphatic rings. The molecule has 2 aromatic heterocycles. The number of pyridine rings is 2. The highest BCUT2D eigenvalue weighted by molar-refractivity contribution is 6.36. The Morgan fingerprint density at radius 2 is 1.94 bits per heavy atom. The molecule has 0 N–H and O–H groups in total. The lowest BCUT2D eigenvalue weighted by atomic mass is 9.94. The van der Waals surface area contributed by atoms with Gasteiger partial charge < -0.3 is 14.2 Å². The van der Waals surface area contributed by atoms with Crippen molar-refractivity contribution in [3.8, 4) is 11.8 Å². The predicted octanol–water partition coefficient (Wildman–Crippen LogP) is 4.92. The van der Waals surface area contributed by atoms with E-state index in [4.69, 9.17) is 27.9 Å². The van der Waals surface area contributed by atoms with Crippen LogP contribution >= 0.6 is 23.2 Å². The molecule has 0 amide bonds. The number of ether oxygens (including phenoxy) is 1. The summed E-state index contributed by atoms with van der Waals surface area (Å²) in [6.45, 7) is 6.16. The molecule has 1 saturated heterocycles. The summed E-state index contributed by atoms with van der Waals surface area (Å²) in [5.41, 5.74) is 3.07. The minimum atomic E-state index is -0.192. The fraction of sp³-hybridized carbons (Fsp3) is 0.423.